The van der Waals surface area contributed by atoms with Crippen molar-refractivity contribution in [2.45, 2.75) is 45.1 Å². The molecule has 2 aromatic carbocycles. The molecule has 0 saturated heterocycles. The molecule has 2 atom stereocenters. The summed E-state index contributed by atoms with van der Waals surface area (Å²) in [5.74, 6) is 3.40. The largest absolute Gasteiger partial charge is 0.481 e. The van der Waals surface area contributed by atoms with Gasteiger partial charge in [0.15, 0.2) is 0 Å². The monoisotopic (exact) mass is 462 g/mol. The second-order valence-electron chi connectivity index (χ2n) is 8.53. The maximum Gasteiger partial charge on any atom is 0.407 e. The number of ether oxygens (including phenoxy) is 1. The first-order valence-electron chi connectivity index (χ1n) is 11.5. The van der Waals surface area contributed by atoms with Crippen LogP contribution in [-0.4, -0.2) is 42.3 Å². The Balaban J connectivity index is 1.39. The third kappa shape index (κ3) is 6.61. The molecule has 34 heavy (non-hydrogen) atoms. The van der Waals surface area contributed by atoms with E-state index in [9.17, 15) is 14.4 Å². The number of benzene rings is 2. The lowest BCUT2D eigenvalue weighted by Gasteiger charge is -2.14. The van der Waals surface area contributed by atoms with Crippen LogP contribution >= 0.6 is 0 Å². The number of carbonyl (C=O) groups is 3. The Morgan fingerprint density at radius 2 is 1.62 bits per heavy atom. The summed E-state index contributed by atoms with van der Waals surface area (Å²) in [6.07, 6.45) is 1.34. The summed E-state index contributed by atoms with van der Waals surface area (Å²) >= 11 is 0. The molecular formula is C27H30N2O5. The SMILES string of the molecule is CC(CCCC(C)C(=O)O)NC(=O)C#CCNC(=O)OCC1c2ccccc2-c2ccccc21. The zero-order valence-electron chi connectivity index (χ0n) is 19.5. The van der Waals surface area contributed by atoms with Crippen LogP contribution in [0.25, 0.3) is 11.1 Å². The molecule has 7 heteroatoms. The van der Waals surface area contributed by atoms with Gasteiger partial charge in [0, 0.05) is 12.0 Å². The zero-order chi connectivity index (χ0) is 24.5. The van der Waals surface area contributed by atoms with Crippen LogP contribution in [0, 0.1) is 17.8 Å². The summed E-state index contributed by atoms with van der Waals surface area (Å²) in [6.45, 7) is 3.72. The van der Waals surface area contributed by atoms with Gasteiger partial charge in [-0.2, -0.15) is 0 Å². The fraction of sp³-hybridized carbons (Fsp3) is 0.370. The normalized spacial score (nSPS) is 13.5. The molecule has 1 aliphatic rings. The minimum Gasteiger partial charge on any atom is -0.481 e. The van der Waals surface area contributed by atoms with E-state index in [0.717, 1.165) is 22.3 Å². The third-order valence-corrected chi connectivity index (χ3v) is 5.94. The van der Waals surface area contributed by atoms with Crippen LogP contribution in [0.15, 0.2) is 48.5 Å². The summed E-state index contributed by atoms with van der Waals surface area (Å²) in [4.78, 5) is 34.9. The topological polar surface area (TPSA) is 105 Å². The van der Waals surface area contributed by atoms with E-state index in [1.165, 1.54) is 0 Å². The zero-order valence-corrected chi connectivity index (χ0v) is 19.5. The molecule has 3 rings (SSSR count). The van der Waals surface area contributed by atoms with Gasteiger partial charge < -0.3 is 20.5 Å². The van der Waals surface area contributed by atoms with Crippen LogP contribution in [0.5, 0.6) is 0 Å². The van der Waals surface area contributed by atoms with Crippen molar-refractivity contribution in [2.75, 3.05) is 13.2 Å². The molecule has 0 aliphatic heterocycles. The summed E-state index contributed by atoms with van der Waals surface area (Å²) in [5.41, 5.74) is 4.60. The highest BCUT2D eigenvalue weighted by Gasteiger charge is 2.28. The van der Waals surface area contributed by atoms with Crippen molar-refractivity contribution in [1.82, 2.24) is 10.6 Å². The van der Waals surface area contributed by atoms with Gasteiger partial charge in [-0.15, -0.1) is 0 Å². The molecule has 2 unspecified atom stereocenters. The van der Waals surface area contributed by atoms with Crippen LogP contribution in [-0.2, 0) is 14.3 Å². The van der Waals surface area contributed by atoms with Gasteiger partial charge in [0.2, 0.25) is 0 Å². The van der Waals surface area contributed by atoms with Crippen molar-refractivity contribution < 1.29 is 24.2 Å². The number of nitrogens with one attached hydrogen (secondary N) is 2. The van der Waals surface area contributed by atoms with E-state index in [4.69, 9.17) is 9.84 Å². The van der Waals surface area contributed by atoms with Crippen molar-refractivity contribution in [3.63, 3.8) is 0 Å². The van der Waals surface area contributed by atoms with Gasteiger partial charge in [-0.05, 0) is 47.9 Å². The van der Waals surface area contributed by atoms with Crippen LogP contribution in [0.1, 0.15) is 50.2 Å². The third-order valence-electron chi connectivity index (χ3n) is 5.94. The predicted molar refractivity (Wildman–Crippen MR) is 129 cm³/mol. The van der Waals surface area contributed by atoms with E-state index < -0.39 is 23.9 Å². The molecule has 0 heterocycles. The van der Waals surface area contributed by atoms with Gasteiger partial charge in [-0.3, -0.25) is 9.59 Å². The van der Waals surface area contributed by atoms with E-state index in [-0.39, 0.29) is 25.1 Å². The Morgan fingerprint density at radius 3 is 2.24 bits per heavy atom. The predicted octanol–water partition coefficient (Wildman–Crippen LogP) is 3.92. The summed E-state index contributed by atoms with van der Waals surface area (Å²) < 4.78 is 5.43. The summed E-state index contributed by atoms with van der Waals surface area (Å²) in [5, 5.41) is 14.2. The average molecular weight is 463 g/mol. The number of carboxylic acid groups (broad SMARTS) is 1. The van der Waals surface area contributed by atoms with Crippen molar-refractivity contribution in [3.05, 3.63) is 59.7 Å². The minimum atomic E-state index is -0.813. The van der Waals surface area contributed by atoms with E-state index in [1.807, 2.05) is 31.2 Å². The number of hydrogen-bond acceptors (Lipinski definition) is 4. The summed E-state index contributed by atoms with van der Waals surface area (Å²) in [7, 11) is 0. The molecule has 2 amide bonds. The number of carboxylic acids is 1. The highest BCUT2D eigenvalue weighted by molar-refractivity contribution is 5.93. The van der Waals surface area contributed by atoms with Gasteiger partial charge >= 0.3 is 12.1 Å². The van der Waals surface area contributed by atoms with Gasteiger partial charge in [0.05, 0.1) is 12.5 Å². The quantitative estimate of drug-likeness (QED) is 0.490. The summed E-state index contributed by atoms with van der Waals surface area (Å²) in [6, 6.07) is 16.1. The fourth-order valence-corrected chi connectivity index (χ4v) is 4.08. The number of fused-ring (bicyclic) bond motifs is 3. The van der Waals surface area contributed by atoms with Crippen LogP contribution in [0.2, 0.25) is 0 Å². The lowest BCUT2D eigenvalue weighted by molar-refractivity contribution is -0.141. The second kappa shape index (κ2) is 11.9. The van der Waals surface area contributed by atoms with E-state index in [2.05, 4.69) is 46.7 Å². The fourth-order valence-electron chi connectivity index (χ4n) is 4.08. The smallest absolute Gasteiger partial charge is 0.407 e. The Morgan fingerprint density at radius 1 is 1.00 bits per heavy atom. The van der Waals surface area contributed by atoms with E-state index in [0.29, 0.717) is 19.3 Å². The van der Waals surface area contributed by atoms with E-state index in [1.54, 1.807) is 6.92 Å². The van der Waals surface area contributed by atoms with Gasteiger partial charge in [-0.25, -0.2) is 4.79 Å². The van der Waals surface area contributed by atoms with Gasteiger partial charge in [0.1, 0.15) is 6.61 Å². The molecular weight excluding hydrogens is 432 g/mol. The average Bonchev–Trinajstić information content (AvgIpc) is 3.14. The highest BCUT2D eigenvalue weighted by Crippen LogP contribution is 2.44. The number of carbonyl (C=O) groups excluding carboxylic acids is 2. The molecule has 0 radical (unpaired) electrons. The number of hydrogen-bond donors (Lipinski definition) is 3. The van der Waals surface area contributed by atoms with Crippen LogP contribution < -0.4 is 10.6 Å². The molecule has 0 aromatic heterocycles. The maximum atomic E-state index is 12.1. The molecule has 3 N–H and O–H groups in total. The Hall–Kier alpha value is -3.79. The molecule has 178 valence electrons. The van der Waals surface area contributed by atoms with Gasteiger partial charge in [-0.1, -0.05) is 67.8 Å². The van der Waals surface area contributed by atoms with Crippen molar-refractivity contribution >= 4 is 18.0 Å². The first kappa shape index (κ1) is 24.8. The first-order chi connectivity index (χ1) is 16.4. The molecule has 7 nitrogen and oxygen atoms in total. The van der Waals surface area contributed by atoms with Crippen molar-refractivity contribution in [2.24, 2.45) is 5.92 Å². The molecule has 0 fully saturated rings. The molecule has 2 aromatic rings. The number of rotatable bonds is 9. The molecule has 0 saturated carbocycles. The number of alkyl carbamates (subject to hydrolysis) is 1. The highest BCUT2D eigenvalue weighted by atomic mass is 16.5. The minimum absolute atomic E-state index is 0.00536. The maximum absolute atomic E-state index is 12.1. The standard InChI is InChI=1S/C27H30N2O5/c1-18(26(31)32)9-7-10-19(2)29-25(30)15-8-16-28-27(33)34-17-24-22-13-5-3-11-20(22)21-12-4-6-14-23(21)24/h3-6,11-14,18-19,24H,7,9-10,16-17H2,1-2H3,(H,28,33)(H,29,30)(H,31,32). The molecule has 0 spiro atoms. The Bertz CT molecular complexity index is 1060. The Kier molecular flexibility index (Phi) is 8.69. The van der Waals surface area contributed by atoms with Crippen molar-refractivity contribution in [3.8, 4) is 23.0 Å². The van der Waals surface area contributed by atoms with E-state index >= 15 is 0 Å². The van der Waals surface area contributed by atoms with Crippen LogP contribution in [0.3, 0.4) is 0 Å². The molecule has 1 aliphatic carbocycles. The second-order valence-corrected chi connectivity index (χ2v) is 8.53. The van der Waals surface area contributed by atoms with Gasteiger partial charge in [0.25, 0.3) is 5.91 Å². The lowest BCUT2D eigenvalue weighted by Crippen LogP contribution is -2.32. The van der Waals surface area contributed by atoms with Crippen LogP contribution in [0.4, 0.5) is 4.79 Å². The Labute approximate surface area is 199 Å². The molecule has 0 bridgehead atoms. The number of amides is 2. The van der Waals surface area contributed by atoms with Crippen molar-refractivity contribution in [1.29, 1.82) is 0 Å². The number of aliphatic carboxylic acids is 1. The lowest BCUT2D eigenvalue weighted by atomic mass is 9.98. The first-order valence-corrected chi connectivity index (χ1v) is 11.5.